The summed E-state index contributed by atoms with van der Waals surface area (Å²) >= 11 is 0. The molecule has 0 fully saturated rings. The van der Waals surface area contributed by atoms with Gasteiger partial charge >= 0.3 is 0 Å². The van der Waals surface area contributed by atoms with Crippen molar-refractivity contribution in [1.29, 1.82) is 0 Å². The number of nitrogens with zero attached hydrogens (tertiary/aromatic N) is 3. The van der Waals surface area contributed by atoms with E-state index in [4.69, 9.17) is 14.0 Å². The Balaban J connectivity index is 2.05. The topological polar surface area (TPSA) is 91.4 Å². The molecule has 1 aromatic carbocycles. The number of carbonyl (C=O) groups excluding carboxylic acids is 1. The second kappa shape index (κ2) is 7.53. The molecule has 142 valence electrons. The number of hydrogen-bond donors (Lipinski definition) is 1. The first-order valence-corrected chi connectivity index (χ1v) is 8.38. The quantitative estimate of drug-likeness (QED) is 0.717. The Bertz CT molecular complexity index is 919. The van der Waals surface area contributed by atoms with E-state index in [1.807, 2.05) is 29.9 Å². The van der Waals surface area contributed by atoms with Gasteiger partial charge in [-0.2, -0.15) is 0 Å². The van der Waals surface area contributed by atoms with Crippen molar-refractivity contribution in [3.05, 3.63) is 59.0 Å². The summed E-state index contributed by atoms with van der Waals surface area (Å²) in [6.45, 7) is 3.44. The summed E-state index contributed by atoms with van der Waals surface area (Å²) < 4.78 is 17.7. The maximum Gasteiger partial charge on any atom is 0.257 e. The summed E-state index contributed by atoms with van der Waals surface area (Å²) in [4.78, 5) is 17.3. The van der Waals surface area contributed by atoms with Gasteiger partial charge in [-0.1, -0.05) is 5.16 Å². The summed E-state index contributed by atoms with van der Waals surface area (Å²) in [5, 5.41) is 6.89. The molecule has 8 nitrogen and oxygen atoms in total. The van der Waals surface area contributed by atoms with E-state index in [9.17, 15) is 4.79 Å². The average molecular weight is 370 g/mol. The van der Waals surface area contributed by atoms with Gasteiger partial charge in [-0.25, -0.2) is 4.98 Å². The first kappa shape index (κ1) is 18.5. The van der Waals surface area contributed by atoms with Gasteiger partial charge in [0.1, 0.15) is 34.7 Å². The standard InChI is InChI=1S/C19H22N4O4/c1-11-16(12(2)27-22-11)19(24)21-17(18-20-6-7-23(18)3)13-8-14(25-4)10-15(9-13)26-5/h6-10,17H,1-5H3,(H,21,24). The molecule has 1 atom stereocenters. The number of rotatable bonds is 6. The van der Waals surface area contributed by atoms with Gasteiger partial charge < -0.3 is 23.9 Å². The van der Waals surface area contributed by atoms with E-state index >= 15 is 0 Å². The zero-order valence-electron chi connectivity index (χ0n) is 15.9. The summed E-state index contributed by atoms with van der Waals surface area (Å²) in [6, 6.07) is 4.94. The highest BCUT2D eigenvalue weighted by Crippen LogP contribution is 2.30. The van der Waals surface area contributed by atoms with Gasteiger partial charge in [-0.05, 0) is 31.5 Å². The molecule has 1 N–H and O–H groups in total. The second-order valence-electron chi connectivity index (χ2n) is 6.15. The van der Waals surface area contributed by atoms with Crippen LogP contribution in [0.2, 0.25) is 0 Å². The molecule has 0 saturated heterocycles. The third-order valence-corrected chi connectivity index (χ3v) is 4.36. The number of nitrogens with one attached hydrogen (secondary N) is 1. The van der Waals surface area contributed by atoms with Crippen LogP contribution < -0.4 is 14.8 Å². The smallest absolute Gasteiger partial charge is 0.257 e. The van der Waals surface area contributed by atoms with Crippen molar-refractivity contribution in [2.24, 2.45) is 7.05 Å². The Morgan fingerprint density at radius 1 is 1.19 bits per heavy atom. The van der Waals surface area contributed by atoms with Crippen LogP contribution in [-0.2, 0) is 7.05 Å². The van der Waals surface area contributed by atoms with Crippen molar-refractivity contribution in [2.75, 3.05) is 14.2 Å². The molecule has 0 spiro atoms. The van der Waals surface area contributed by atoms with Crippen LogP contribution in [0.3, 0.4) is 0 Å². The lowest BCUT2D eigenvalue weighted by Gasteiger charge is -2.20. The van der Waals surface area contributed by atoms with Crippen LogP contribution in [0.5, 0.6) is 11.5 Å². The number of methoxy groups -OCH3 is 2. The monoisotopic (exact) mass is 370 g/mol. The zero-order valence-corrected chi connectivity index (χ0v) is 15.9. The molecule has 8 heteroatoms. The molecule has 0 bridgehead atoms. The first-order chi connectivity index (χ1) is 12.9. The fourth-order valence-electron chi connectivity index (χ4n) is 2.96. The fraction of sp³-hybridized carbons (Fsp3) is 0.316. The minimum absolute atomic E-state index is 0.291. The Morgan fingerprint density at radius 2 is 1.85 bits per heavy atom. The summed E-state index contributed by atoms with van der Waals surface area (Å²) in [6.07, 6.45) is 3.50. The minimum Gasteiger partial charge on any atom is -0.497 e. The SMILES string of the molecule is COc1cc(OC)cc(C(NC(=O)c2c(C)noc2C)c2nccn2C)c1. The fourth-order valence-corrected chi connectivity index (χ4v) is 2.96. The van der Waals surface area contributed by atoms with E-state index in [2.05, 4.69) is 15.5 Å². The Hall–Kier alpha value is -3.29. The molecule has 3 aromatic rings. The van der Waals surface area contributed by atoms with Gasteiger partial charge in [0.25, 0.3) is 5.91 Å². The predicted octanol–water partition coefficient (Wildman–Crippen LogP) is 2.56. The van der Waals surface area contributed by atoms with Crippen LogP contribution in [0.25, 0.3) is 0 Å². The predicted molar refractivity (Wildman–Crippen MR) is 98.0 cm³/mol. The van der Waals surface area contributed by atoms with E-state index in [0.29, 0.717) is 34.3 Å². The molecule has 0 radical (unpaired) electrons. The molecule has 27 heavy (non-hydrogen) atoms. The van der Waals surface area contributed by atoms with Crippen molar-refractivity contribution in [3.8, 4) is 11.5 Å². The molecule has 0 aliphatic carbocycles. The van der Waals surface area contributed by atoms with Crippen molar-refractivity contribution < 1.29 is 18.8 Å². The highest BCUT2D eigenvalue weighted by molar-refractivity contribution is 5.96. The normalized spacial score (nSPS) is 11.9. The highest BCUT2D eigenvalue weighted by atomic mass is 16.5. The highest BCUT2D eigenvalue weighted by Gasteiger charge is 2.26. The molecule has 0 saturated carbocycles. The maximum atomic E-state index is 12.9. The van der Waals surface area contributed by atoms with Crippen molar-refractivity contribution in [1.82, 2.24) is 20.0 Å². The molecule has 0 aliphatic heterocycles. The number of carbonyl (C=O) groups is 1. The van der Waals surface area contributed by atoms with Gasteiger partial charge in [-0.3, -0.25) is 4.79 Å². The molecule has 1 unspecified atom stereocenters. The number of hydrogen-bond acceptors (Lipinski definition) is 6. The summed E-state index contributed by atoms with van der Waals surface area (Å²) in [5.74, 6) is 2.09. The van der Waals surface area contributed by atoms with E-state index in [-0.39, 0.29) is 5.91 Å². The second-order valence-corrected chi connectivity index (χ2v) is 6.15. The number of aryl methyl sites for hydroxylation is 3. The zero-order chi connectivity index (χ0) is 19.6. The van der Waals surface area contributed by atoms with Gasteiger partial charge in [-0.15, -0.1) is 0 Å². The average Bonchev–Trinajstić information content (AvgIpc) is 3.24. The lowest BCUT2D eigenvalue weighted by atomic mass is 10.0. The van der Waals surface area contributed by atoms with E-state index in [0.717, 1.165) is 5.56 Å². The molecule has 3 rings (SSSR count). The third kappa shape index (κ3) is 3.64. The van der Waals surface area contributed by atoms with Crippen LogP contribution in [0, 0.1) is 13.8 Å². The largest absolute Gasteiger partial charge is 0.497 e. The van der Waals surface area contributed by atoms with Crippen LogP contribution in [0.4, 0.5) is 0 Å². The summed E-state index contributed by atoms with van der Waals surface area (Å²) in [7, 11) is 5.03. The third-order valence-electron chi connectivity index (χ3n) is 4.36. The Kier molecular flexibility index (Phi) is 5.16. The number of aromatic nitrogens is 3. The van der Waals surface area contributed by atoms with Gasteiger partial charge in [0.2, 0.25) is 0 Å². The first-order valence-electron chi connectivity index (χ1n) is 8.38. The molecule has 2 heterocycles. The minimum atomic E-state index is -0.518. The molecule has 0 aliphatic rings. The van der Waals surface area contributed by atoms with E-state index < -0.39 is 6.04 Å². The van der Waals surface area contributed by atoms with Gasteiger partial charge in [0.15, 0.2) is 0 Å². The van der Waals surface area contributed by atoms with Gasteiger partial charge in [0, 0.05) is 25.5 Å². The van der Waals surface area contributed by atoms with Gasteiger partial charge in [0.05, 0.1) is 19.9 Å². The number of amides is 1. The molecular weight excluding hydrogens is 348 g/mol. The van der Waals surface area contributed by atoms with Crippen molar-refractivity contribution >= 4 is 5.91 Å². The van der Waals surface area contributed by atoms with E-state index in [1.165, 1.54) is 0 Å². The number of benzene rings is 1. The lowest BCUT2D eigenvalue weighted by molar-refractivity contribution is 0.0939. The van der Waals surface area contributed by atoms with E-state index in [1.54, 1.807) is 40.3 Å². The molecule has 2 aromatic heterocycles. The number of ether oxygens (including phenoxy) is 2. The van der Waals surface area contributed by atoms with Crippen molar-refractivity contribution in [3.63, 3.8) is 0 Å². The van der Waals surface area contributed by atoms with Crippen LogP contribution >= 0.6 is 0 Å². The molecule has 1 amide bonds. The van der Waals surface area contributed by atoms with Crippen LogP contribution in [-0.4, -0.2) is 34.8 Å². The number of imidazole rings is 1. The maximum absolute atomic E-state index is 12.9. The Labute approximate surface area is 157 Å². The van der Waals surface area contributed by atoms with Crippen LogP contribution in [0.1, 0.15) is 39.2 Å². The Morgan fingerprint density at radius 3 is 2.33 bits per heavy atom. The lowest BCUT2D eigenvalue weighted by Crippen LogP contribution is -2.31. The summed E-state index contributed by atoms with van der Waals surface area (Å²) in [5.41, 5.74) is 1.73. The molecular formula is C19H22N4O4. The van der Waals surface area contributed by atoms with Crippen LogP contribution in [0.15, 0.2) is 35.1 Å². The van der Waals surface area contributed by atoms with Crippen molar-refractivity contribution in [2.45, 2.75) is 19.9 Å².